The maximum absolute atomic E-state index is 13.4. The summed E-state index contributed by atoms with van der Waals surface area (Å²) in [5.74, 6) is 0.197. The summed E-state index contributed by atoms with van der Waals surface area (Å²) in [6, 6.07) is 12.0. The van der Waals surface area contributed by atoms with Crippen LogP contribution >= 0.6 is 11.3 Å². The van der Waals surface area contributed by atoms with Crippen molar-refractivity contribution in [2.75, 3.05) is 11.9 Å². The molecule has 120 valence electrons. The number of nitrogens with zero attached hydrogens (tertiary/aromatic N) is 1. The van der Waals surface area contributed by atoms with Crippen LogP contribution in [0.5, 0.6) is 5.75 Å². The topological polar surface area (TPSA) is 51.2 Å². The van der Waals surface area contributed by atoms with Gasteiger partial charge in [0.1, 0.15) is 16.6 Å². The number of benzene rings is 2. The number of aromatic nitrogens is 1. The van der Waals surface area contributed by atoms with E-state index in [4.69, 9.17) is 4.74 Å². The van der Waals surface area contributed by atoms with E-state index in [1.807, 2.05) is 31.2 Å². The number of fused-ring (bicyclic) bond motifs is 1. The molecule has 0 saturated heterocycles. The molecule has 0 radical (unpaired) electrons. The smallest absolute Gasteiger partial charge is 0.262 e. The molecule has 0 aliphatic carbocycles. The predicted octanol–water partition coefficient (Wildman–Crippen LogP) is 4.26. The van der Waals surface area contributed by atoms with Crippen molar-refractivity contribution in [3.8, 4) is 27.6 Å². The fourth-order valence-electron chi connectivity index (χ4n) is 2.64. The lowest BCUT2D eigenvalue weighted by Crippen LogP contribution is -2.25. The van der Waals surface area contributed by atoms with E-state index in [-0.39, 0.29) is 18.3 Å². The van der Waals surface area contributed by atoms with E-state index in [9.17, 15) is 9.18 Å². The van der Waals surface area contributed by atoms with Crippen LogP contribution in [0.4, 0.5) is 10.1 Å². The number of hydrogen-bond acceptors (Lipinski definition) is 4. The Morgan fingerprint density at radius 1 is 1.21 bits per heavy atom. The van der Waals surface area contributed by atoms with Gasteiger partial charge in [-0.2, -0.15) is 0 Å². The number of halogens is 1. The summed E-state index contributed by atoms with van der Waals surface area (Å²) in [6.45, 7) is 2.01. The predicted molar refractivity (Wildman–Crippen MR) is 91.8 cm³/mol. The lowest BCUT2D eigenvalue weighted by atomic mass is 10.1. The molecule has 0 bridgehead atoms. The van der Waals surface area contributed by atoms with Crippen molar-refractivity contribution in [3.05, 3.63) is 53.2 Å². The van der Waals surface area contributed by atoms with Gasteiger partial charge in [-0.25, -0.2) is 9.37 Å². The highest BCUT2D eigenvalue weighted by Gasteiger charge is 2.18. The van der Waals surface area contributed by atoms with Crippen molar-refractivity contribution in [2.45, 2.75) is 6.92 Å². The third kappa shape index (κ3) is 2.65. The summed E-state index contributed by atoms with van der Waals surface area (Å²) in [5.41, 5.74) is 3.10. The molecule has 1 aromatic heterocycles. The summed E-state index contributed by atoms with van der Waals surface area (Å²) in [7, 11) is 0. The van der Waals surface area contributed by atoms with Gasteiger partial charge in [-0.05, 0) is 37.3 Å². The van der Waals surface area contributed by atoms with Gasteiger partial charge in [-0.15, -0.1) is 11.3 Å². The number of ether oxygens (including phenoxy) is 1. The molecule has 2 aromatic carbocycles. The first kappa shape index (κ1) is 14.8. The Kier molecular flexibility index (Phi) is 3.54. The van der Waals surface area contributed by atoms with E-state index in [0.717, 1.165) is 26.7 Å². The SMILES string of the molecule is Cc1sc(-c2cccc(F)c2)nc1-c1ccc2c(c1)NC(=O)CO2. The van der Waals surface area contributed by atoms with Crippen molar-refractivity contribution < 1.29 is 13.9 Å². The van der Waals surface area contributed by atoms with Gasteiger partial charge < -0.3 is 10.1 Å². The Bertz CT molecular complexity index is 952. The second-order valence-electron chi connectivity index (χ2n) is 5.48. The van der Waals surface area contributed by atoms with E-state index in [0.29, 0.717) is 11.4 Å². The Labute approximate surface area is 141 Å². The molecule has 0 spiro atoms. The molecule has 24 heavy (non-hydrogen) atoms. The Hall–Kier alpha value is -2.73. The van der Waals surface area contributed by atoms with Gasteiger partial charge >= 0.3 is 0 Å². The molecule has 1 N–H and O–H groups in total. The highest BCUT2D eigenvalue weighted by atomic mass is 32.1. The number of carbonyl (C=O) groups excluding carboxylic acids is 1. The zero-order chi connectivity index (χ0) is 16.7. The van der Waals surface area contributed by atoms with Gasteiger partial charge in [0.25, 0.3) is 5.91 Å². The minimum Gasteiger partial charge on any atom is -0.482 e. The molecule has 2 heterocycles. The number of rotatable bonds is 2. The van der Waals surface area contributed by atoms with Crippen LogP contribution in [0, 0.1) is 12.7 Å². The van der Waals surface area contributed by atoms with E-state index in [2.05, 4.69) is 10.3 Å². The van der Waals surface area contributed by atoms with Crippen LogP contribution in [-0.4, -0.2) is 17.5 Å². The zero-order valence-corrected chi connectivity index (χ0v) is 13.6. The summed E-state index contributed by atoms with van der Waals surface area (Å²) >= 11 is 1.51. The van der Waals surface area contributed by atoms with E-state index >= 15 is 0 Å². The molecule has 1 amide bonds. The molecular formula is C18H13FN2O2S. The first-order chi connectivity index (χ1) is 11.6. The first-order valence-corrected chi connectivity index (χ1v) is 8.22. The van der Waals surface area contributed by atoms with Crippen molar-refractivity contribution in [2.24, 2.45) is 0 Å². The number of thiazole rings is 1. The number of anilines is 1. The standard InChI is InChI=1S/C18H13FN2O2S/c1-10-17(21-18(24-10)12-3-2-4-13(19)7-12)11-5-6-15-14(8-11)20-16(22)9-23-15/h2-8H,9H2,1H3,(H,20,22). The molecule has 0 saturated carbocycles. The van der Waals surface area contributed by atoms with Gasteiger partial charge in [-0.3, -0.25) is 4.79 Å². The summed E-state index contributed by atoms with van der Waals surface area (Å²) < 4.78 is 18.8. The number of nitrogens with one attached hydrogen (secondary N) is 1. The molecule has 1 aliphatic heterocycles. The summed E-state index contributed by atoms with van der Waals surface area (Å²) in [6.07, 6.45) is 0. The minimum absolute atomic E-state index is 0.0335. The molecule has 1 aliphatic rings. The summed E-state index contributed by atoms with van der Waals surface area (Å²) in [5, 5.41) is 3.56. The lowest BCUT2D eigenvalue weighted by Gasteiger charge is -2.18. The van der Waals surface area contributed by atoms with E-state index in [1.54, 1.807) is 6.07 Å². The average Bonchev–Trinajstić information content (AvgIpc) is 2.96. The number of aryl methyl sites for hydroxylation is 1. The van der Waals surface area contributed by atoms with Gasteiger partial charge in [0.05, 0.1) is 11.4 Å². The van der Waals surface area contributed by atoms with E-state index < -0.39 is 0 Å². The third-order valence-corrected chi connectivity index (χ3v) is 4.77. The number of hydrogen-bond donors (Lipinski definition) is 1. The van der Waals surface area contributed by atoms with Crippen LogP contribution in [-0.2, 0) is 4.79 Å². The van der Waals surface area contributed by atoms with Gasteiger partial charge in [0.2, 0.25) is 0 Å². The van der Waals surface area contributed by atoms with Crippen LogP contribution in [0.25, 0.3) is 21.8 Å². The average molecular weight is 340 g/mol. The van der Waals surface area contributed by atoms with Crippen LogP contribution in [0.3, 0.4) is 0 Å². The molecule has 4 nitrogen and oxygen atoms in total. The fourth-order valence-corrected chi connectivity index (χ4v) is 3.57. The highest BCUT2D eigenvalue weighted by molar-refractivity contribution is 7.15. The second kappa shape index (κ2) is 5.72. The summed E-state index contributed by atoms with van der Waals surface area (Å²) in [4.78, 5) is 17.2. The third-order valence-electron chi connectivity index (χ3n) is 3.75. The van der Waals surface area contributed by atoms with Crippen molar-refractivity contribution in [3.63, 3.8) is 0 Å². The second-order valence-corrected chi connectivity index (χ2v) is 6.69. The highest BCUT2D eigenvalue weighted by Crippen LogP contribution is 2.37. The minimum atomic E-state index is -0.282. The fraction of sp³-hybridized carbons (Fsp3) is 0.111. The lowest BCUT2D eigenvalue weighted by molar-refractivity contribution is -0.118. The molecule has 4 rings (SSSR count). The normalized spacial score (nSPS) is 13.2. The van der Waals surface area contributed by atoms with Gasteiger partial charge in [0, 0.05) is 16.0 Å². The maximum Gasteiger partial charge on any atom is 0.262 e. The van der Waals surface area contributed by atoms with Gasteiger partial charge in [-0.1, -0.05) is 12.1 Å². The molecular weight excluding hydrogens is 327 g/mol. The Balaban J connectivity index is 1.75. The molecule has 3 aromatic rings. The van der Waals surface area contributed by atoms with Crippen molar-refractivity contribution >= 4 is 22.9 Å². The van der Waals surface area contributed by atoms with Gasteiger partial charge in [0.15, 0.2) is 6.61 Å². The van der Waals surface area contributed by atoms with Crippen LogP contribution in [0.1, 0.15) is 4.88 Å². The van der Waals surface area contributed by atoms with E-state index in [1.165, 1.54) is 23.5 Å². The first-order valence-electron chi connectivity index (χ1n) is 7.40. The largest absolute Gasteiger partial charge is 0.482 e. The van der Waals surface area contributed by atoms with Crippen LogP contribution in [0.15, 0.2) is 42.5 Å². The van der Waals surface area contributed by atoms with Crippen molar-refractivity contribution in [1.82, 2.24) is 4.98 Å². The quantitative estimate of drug-likeness (QED) is 0.758. The Morgan fingerprint density at radius 2 is 2.08 bits per heavy atom. The molecule has 0 unspecified atom stereocenters. The maximum atomic E-state index is 13.4. The van der Waals surface area contributed by atoms with Crippen LogP contribution in [0.2, 0.25) is 0 Å². The monoisotopic (exact) mass is 340 g/mol. The molecule has 6 heteroatoms. The number of carbonyl (C=O) groups is 1. The number of amides is 1. The molecule has 0 atom stereocenters. The van der Waals surface area contributed by atoms with Crippen molar-refractivity contribution in [1.29, 1.82) is 0 Å². The molecule has 0 fully saturated rings. The Morgan fingerprint density at radius 3 is 2.92 bits per heavy atom. The zero-order valence-electron chi connectivity index (χ0n) is 12.8. The van der Waals surface area contributed by atoms with Crippen LogP contribution < -0.4 is 10.1 Å².